The van der Waals surface area contributed by atoms with Crippen LogP contribution in [0.5, 0.6) is 0 Å². The molecule has 0 rings (SSSR count). The number of rotatable bonds is 19. The third kappa shape index (κ3) is 23.2. The summed E-state index contributed by atoms with van der Waals surface area (Å²) >= 11 is 0. The highest BCUT2D eigenvalue weighted by Gasteiger charge is 1.94. The lowest BCUT2D eigenvalue weighted by atomic mass is 10.1. The van der Waals surface area contributed by atoms with Crippen LogP contribution in [0.15, 0.2) is 12.2 Å². The number of carbonyl (C=O) groups is 1. The van der Waals surface area contributed by atoms with E-state index in [4.69, 9.17) is 4.74 Å². The second-order valence-corrected chi connectivity index (χ2v) is 7.34. The fraction of sp³-hybridized carbons (Fsp3) is 0.870. The van der Waals surface area contributed by atoms with Crippen molar-refractivity contribution in [1.29, 1.82) is 0 Å². The van der Waals surface area contributed by atoms with Crippen molar-refractivity contribution < 1.29 is 9.53 Å². The average molecular weight is 353 g/mol. The Bertz CT molecular complexity index is 296. The van der Waals surface area contributed by atoms with E-state index in [0.717, 1.165) is 6.42 Å². The lowest BCUT2D eigenvalue weighted by Gasteiger charge is -2.02. The zero-order chi connectivity index (χ0) is 18.4. The smallest absolute Gasteiger partial charge is 0.302 e. The van der Waals surface area contributed by atoms with E-state index < -0.39 is 0 Å². The van der Waals surface area contributed by atoms with Gasteiger partial charge in [0.05, 0.1) is 6.61 Å². The Morgan fingerprint density at radius 1 is 0.640 bits per heavy atom. The van der Waals surface area contributed by atoms with E-state index in [2.05, 4.69) is 19.1 Å². The fourth-order valence-electron chi connectivity index (χ4n) is 3.10. The second kappa shape index (κ2) is 21.3. The van der Waals surface area contributed by atoms with Gasteiger partial charge in [-0.25, -0.2) is 0 Å². The molecule has 0 radical (unpaired) electrons. The van der Waals surface area contributed by atoms with Crippen molar-refractivity contribution in [3.8, 4) is 0 Å². The molecular weight excluding hydrogens is 308 g/mol. The lowest BCUT2D eigenvalue weighted by molar-refractivity contribution is -0.141. The third-order valence-electron chi connectivity index (χ3n) is 4.71. The number of hydrogen-bond acceptors (Lipinski definition) is 2. The number of allylic oxidation sites excluding steroid dienone is 2. The Morgan fingerprint density at radius 2 is 1.04 bits per heavy atom. The molecule has 0 aromatic carbocycles. The van der Waals surface area contributed by atoms with E-state index in [1.165, 1.54) is 110 Å². The van der Waals surface area contributed by atoms with Gasteiger partial charge in [0.2, 0.25) is 0 Å². The van der Waals surface area contributed by atoms with E-state index in [9.17, 15) is 4.79 Å². The van der Waals surface area contributed by atoms with Crippen LogP contribution in [0, 0.1) is 0 Å². The van der Waals surface area contributed by atoms with Gasteiger partial charge >= 0.3 is 5.97 Å². The Morgan fingerprint density at radius 3 is 1.48 bits per heavy atom. The Labute approximate surface area is 157 Å². The van der Waals surface area contributed by atoms with Crippen LogP contribution in [-0.2, 0) is 9.53 Å². The fourth-order valence-corrected chi connectivity index (χ4v) is 3.10. The molecule has 25 heavy (non-hydrogen) atoms. The van der Waals surface area contributed by atoms with Crippen LogP contribution in [-0.4, -0.2) is 12.6 Å². The van der Waals surface area contributed by atoms with E-state index in [1.807, 2.05) is 0 Å². The molecule has 0 N–H and O–H groups in total. The van der Waals surface area contributed by atoms with Crippen molar-refractivity contribution in [2.24, 2.45) is 0 Å². The van der Waals surface area contributed by atoms with Gasteiger partial charge in [-0.1, -0.05) is 96.1 Å². The Kier molecular flexibility index (Phi) is 20.6. The molecule has 0 unspecified atom stereocenters. The van der Waals surface area contributed by atoms with E-state index in [-0.39, 0.29) is 5.97 Å². The summed E-state index contributed by atoms with van der Waals surface area (Å²) in [4.78, 5) is 10.6. The average Bonchev–Trinajstić information content (AvgIpc) is 2.60. The van der Waals surface area contributed by atoms with E-state index in [1.54, 1.807) is 0 Å². The molecule has 2 heteroatoms. The molecule has 0 aliphatic carbocycles. The summed E-state index contributed by atoms with van der Waals surface area (Å²) < 4.78 is 4.92. The van der Waals surface area contributed by atoms with Gasteiger partial charge in [0.1, 0.15) is 0 Å². The van der Waals surface area contributed by atoms with Gasteiger partial charge in [-0.3, -0.25) is 4.79 Å². The molecule has 2 nitrogen and oxygen atoms in total. The number of esters is 1. The van der Waals surface area contributed by atoms with Crippen molar-refractivity contribution in [2.45, 2.75) is 123 Å². The van der Waals surface area contributed by atoms with Crippen molar-refractivity contribution in [3.05, 3.63) is 12.2 Å². The first kappa shape index (κ1) is 24.2. The molecule has 148 valence electrons. The summed E-state index contributed by atoms with van der Waals surface area (Å²) in [6.07, 6.45) is 27.4. The summed E-state index contributed by atoms with van der Waals surface area (Å²) in [5.41, 5.74) is 0. The Hall–Kier alpha value is -0.790. The van der Waals surface area contributed by atoms with Gasteiger partial charge in [0, 0.05) is 6.92 Å². The number of hydrogen-bond donors (Lipinski definition) is 0. The minimum atomic E-state index is -0.160. The SMILES string of the molecule is CCCCCCCCCCCC/C=C/CCCCCCCOC(C)=O. The topological polar surface area (TPSA) is 26.3 Å². The summed E-state index contributed by atoms with van der Waals surface area (Å²) in [5.74, 6) is -0.160. The van der Waals surface area contributed by atoms with E-state index in [0.29, 0.717) is 6.61 Å². The first-order valence-corrected chi connectivity index (χ1v) is 11.1. The monoisotopic (exact) mass is 352 g/mol. The first-order valence-electron chi connectivity index (χ1n) is 11.1. The normalized spacial score (nSPS) is 11.3. The molecule has 0 saturated heterocycles. The van der Waals surface area contributed by atoms with Crippen LogP contribution in [0.1, 0.15) is 123 Å². The molecule has 0 aliphatic heterocycles. The molecule has 0 amide bonds. The molecular formula is C23H44O2. The van der Waals surface area contributed by atoms with Crippen LogP contribution < -0.4 is 0 Å². The summed E-state index contributed by atoms with van der Waals surface area (Å²) in [6.45, 7) is 4.35. The van der Waals surface area contributed by atoms with Gasteiger partial charge in [-0.15, -0.1) is 0 Å². The molecule has 0 atom stereocenters. The van der Waals surface area contributed by atoms with Crippen LogP contribution in [0.3, 0.4) is 0 Å². The standard InChI is InChI=1S/C23H44O2/c1-3-4-5-6-7-8-9-10-11-12-13-14-15-16-17-18-19-20-21-22-25-23(2)24/h14-15H,3-13,16-22H2,1-2H3/b15-14+. The maximum absolute atomic E-state index is 10.6. The predicted octanol–water partition coefficient (Wildman–Crippen LogP) is 7.76. The quantitative estimate of drug-likeness (QED) is 0.135. The minimum absolute atomic E-state index is 0.160. The second-order valence-electron chi connectivity index (χ2n) is 7.34. The molecule has 0 spiro atoms. The highest BCUT2D eigenvalue weighted by Crippen LogP contribution is 2.12. The number of carbonyl (C=O) groups excluding carboxylic acids is 1. The van der Waals surface area contributed by atoms with Gasteiger partial charge in [0.15, 0.2) is 0 Å². The van der Waals surface area contributed by atoms with Gasteiger partial charge < -0.3 is 4.74 Å². The zero-order valence-electron chi connectivity index (χ0n) is 17.2. The third-order valence-corrected chi connectivity index (χ3v) is 4.71. The van der Waals surface area contributed by atoms with Crippen LogP contribution >= 0.6 is 0 Å². The summed E-state index contributed by atoms with van der Waals surface area (Å²) in [7, 11) is 0. The van der Waals surface area contributed by atoms with Crippen molar-refractivity contribution in [1.82, 2.24) is 0 Å². The van der Waals surface area contributed by atoms with Crippen molar-refractivity contribution in [2.75, 3.05) is 6.61 Å². The van der Waals surface area contributed by atoms with Crippen molar-refractivity contribution in [3.63, 3.8) is 0 Å². The molecule has 0 saturated carbocycles. The Balaban J connectivity index is 3.07. The van der Waals surface area contributed by atoms with Gasteiger partial charge in [-0.05, 0) is 32.1 Å². The van der Waals surface area contributed by atoms with Gasteiger partial charge in [-0.2, -0.15) is 0 Å². The molecule has 0 aliphatic rings. The van der Waals surface area contributed by atoms with Crippen molar-refractivity contribution >= 4 is 5.97 Å². The molecule has 0 fully saturated rings. The lowest BCUT2D eigenvalue weighted by Crippen LogP contribution is -1.99. The van der Waals surface area contributed by atoms with Crippen LogP contribution in [0.4, 0.5) is 0 Å². The largest absolute Gasteiger partial charge is 0.466 e. The highest BCUT2D eigenvalue weighted by molar-refractivity contribution is 5.65. The maximum atomic E-state index is 10.6. The molecule has 0 aromatic heterocycles. The summed E-state index contributed by atoms with van der Waals surface area (Å²) in [5, 5.41) is 0. The molecule has 0 heterocycles. The molecule has 0 bridgehead atoms. The molecule has 0 aromatic rings. The zero-order valence-corrected chi connectivity index (χ0v) is 17.2. The minimum Gasteiger partial charge on any atom is -0.466 e. The predicted molar refractivity (Wildman–Crippen MR) is 110 cm³/mol. The van der Waals surface area contributed by atoms with Crippen LogP contribution in [0.2, 0.25) is 0 Å². The van der Waals surface area contributed by atoms with Gasteiger partial charge in [0.25, 0.3) is 0 Å². The number of unbranched alkanes of at least 4 members (excludes halogenated alkanes) is 15. The number of ether oxygens (including phenoxy) is 1. The first-order chi connectivity index (χ1) is 12.3. The van der Waals surface area contributed by atoms with E-state index >= 15 is 0 Å². The summed E-state index contributed by atoms with van der Waals surface area (Å²) in [6, 6.07) is 0. The van der Waals surface area contributed by atoms with Crippen LogP contribution in [0.25, 0.3) is 0 Å². The highest BCUT2D eigenvalue weighted by atomic mass is 16.5. The maximum Gasteiger partial charge on any atom is 0.302 e.